The number of hydrogen-bond acceptors (Lipinski definition) is 2. The van der Waals surface area contributed by atoms with Crippen LogP contribution in [0.4, 0.5) is 0 Å². The maximum atomic E-state index is 5.62. The molecule has 0 saturated heterocycles. The van der Waals surface area contributed by atoms with Crippen molar-refractivity contribution in [3.8, 4) is 0 Å². The highest BCUT2D eigenvalue weighted by Gasteiger charge is 2.02. The predicted octanol–water partition coefficient (Wildman–Crippen LogP) is 3.79. The molecule has 0 saturated carbocycles. The Bertz CT molecular complexity index is 678. The van der Waals surface area contributed by atoms with Gasteiger partial charge in [0.1, 0.15) is 0 Å². The first-order chi connectivity index (χ1) is 12.1. The van der Waals surface area contributed by atoms with Crippen LogP contribution in [0.25, 0.3) is 0 Å². The summed E-state index contributed by atoms with van der Waals surface area (Å²) in [7, 11) is 1.79. The van der Waals surface area contributed by atoms with E-state index < -0.39 is 0 Å². The van der Waals surface area contributed by atoms with Gasteiger partial charge in [0.05, 0.1) is 12.7 Å². The zero-order valence-corrected chi connectivity index (χ0v) is 15.7. The van der Waals surface area contributed by atoms with Crippen molar-refractivity contribution in [1.82, 2.24) is 10.6 Å². The molecule has 0 fully saturated rings. The molecule has 4 heteroatoms. The van der Waals surface area contributed by atoms with Crippen LogP contribution in [0.15, 0.2) is 53.5 Å². The van der Waals surface area contributed by atoms with Gasteiger partial charge in [-0.05, 0) is 43.0 Å². The van der Waals surface area contributed by atoms with Crippen molar-refractivity contribution in [2.24, 2.45) is 4.99 Å². The third kappa shape index (κ3) is 6.59. The van der Waals surface area contributed by atoms with Gasteiger partial charge in [-0.15, -0.1) is 0 Å². The lowest BCUT2D eigenvalue weighted by Crippen LogP contribution is -2.36. The van der Waals surface area contributed by atoms with Crippen molar-refractivity contribution in [2.75, 3.05) is 7.05 Å². The minimum Gasteiger partial charge on any atom is -0.374 e. The summed E-state index contributed by atoms with van der Waals surface area (Å²) < 4.78 is 5.62. The van der Waals surface area contributed by atoms with Crippen molar-refractivity contribution >= 4 is 5.96 Å². The molecule has 4 nitrogen and oxygen atoms in total. The van der Waals surface area contributed by atoms with Gasteiger partial charge in [0.2, 0.25) is 0 Å². The average molecular weight is 339 g/mol. The molecular weight excluding hydrogens is 310 g/mol. The summed E-state index contributed by atoms with van der Waals surface area (Å²) in [6, 6.07) is 16.9. The first-order valence-corrected chi connectivity index (χ1v) is 8.77. The summed E-state index contributed by atoms with van der Waals surface area (Å²) in [5.41, 5.74) is 4.97. The topological polar surface area (TPSA) is 45.7 Å². The zero-order valence-electron chi connectivity index (χ0n) is 15.7. The number of aliphatic imine (C=N–C) groups is 1. The van der Waals surface area contributed by atoms with Gasteiger partial charge in [0.15, 0.2) is 5.96 Å². The molecule has 2 aromatic rings. The Kier molecular flexibility index (Phi) is 7.48. The maximum Gasteiger partial charge on any atom is 0.191 e. The molecule has 134 valence electrons. The molecule has 0 heterocycles. The van der Waals surface area contributed by atoms with Gasteiger partial charge in [0.25, 0.3) is 0 Å². The molecule has 0 aliphatic carbocycles. The van der Waals surface area contributed by atoms with Gasteiger partial charge >= 0.3 is 0 Å². The van der Waals surface area contributed by atoms with Gasteiger partial charge in [-0.25, -0.2) is 0 Å². The lowest BCUT2D eigenvalue weighted by molar-refractivity contribution is 0.0657. The van der Waals surface area contributed by atoms with Crippen molar-refractivity contribution in [2.45, 2.75) is 46.6 Å². The fourth-order valence-corrected chi connectivity index (χ4v) is 2.41. The number of ether oxygens (including phenoxy) is 1. The first kappa shape index (κ1) is 19.0. The third-order valence-corrected chi connectivity index (χ3v) is 4.00. The van der Waals surface area contributed by atoms with E-state index in [0.717, 1.165) is 19.0 Å². The van der Waals surface area contributed by atoms with Crippen LogP contribution in [0, 0.1) is 6.92 Å². The molecule has 0 atom stereocenters. The molecule has 0 radical (unpaired) electrons. The highest BCUT2D eigenvalue weighted by atomic mass is 16.5. The molecule has 0 spiro atoms. The van der Waals surface area contributed by atoms with Crippen molar-refractivity contribution in [3.05, 3.63) is 70.8 Å². The van der Waals surface area contributed by atoms with E-state index >= 15 is 0 Å². The summed E-state index contributed by atoms with van der Waals surface area (Å²) in [5, 5.41) is 6.71. The van der Waals surface area contributed by atoms with E-state index in [1.807, 2.05) is 13.8 Å². The maximum absolute atomic E-state index is 5.62. The second-order valence-electron chi connectivity index (χ2n) is 6.38. The molecule has 25 heavy (non-hydrogen) atoms. The number of benzene rings is 2. The van der Waals surface area contributed by atoms with Crippen molar-refractivity contribution in [1.29, 1.82) is 0 Å². The second-order valence-corrected chi connectivity index (χ2v) is 6.38. The van der Waals surface area contributed by atoms with E-state index in [4.69, 9.17) is 4.74 Å². The molecule has 0 aliphatic rings. The molecule has 0 aromatic heterocycles. The van der Waals surface area contributed by atoms with Gasteiger partial charge in [-0.2, -0.15) is 0 Å². The van der Waals surface area contributed by atoms with E-state index in [1.165, 1.54) is 22.3 Å². The highest BCUT2D eigenvalue weighted by molar-refractivity contribution is 5.79. The molecule has 2 aromatic carbocycles. The van der Waals surface area contributed by atoms with E-state index in [9.17, 15) is 0 Å². The first-order valence-electron chi connectivity index (χ1n) is 8.77. The highest BCUT2D eigenvalue weighted by Crippen LogP contribution is 2.08. The number of rotatable bonds is 7. The van der Waals surface area contributed by atoms with E-state index in [0.29, 0.717) is 6.61 Å². The molecular formula is C21H29N3O. The smallest absolute Gasteiger partial charge is 0.191 e. The van der Waals surface area contributed by atoms with Gasteiger partial charge in [-0.1, -0.05) is 48.5 Å². The van der Waals surface area contributed by atoms with E-state index in [1.54, 1.807) is 7.05 Å². The quantitative estimate of drug-likeness (QED) is 0.596. The van der Waals surface area contributed by atoms with Crippen molar-refractivity contribution < 1.29 is 4.74 Å². The SMILES string of the molecule is CN=C(NCc1ccc(COC(C)C)cc1)NCc1ccccc1C. The summed E-state index contributed by atoms with van der Waals surface area (Å²) in [6.45, 7) is 8.38. The van der Waals surface area contributed by atoms with Gasteiger partial charge in [0, 0.05) is 20.1 Å². The summed E-state index contributed by atoms with van der Waals surface area (Å²) >= 11 is 0. The van der Waals surface area contributed by atoms with Crippen LogP contribution < -0.4 is 10.6 Å². The Morgan fingerprint density at radius 3 is 2.24 bits per heavy atom. The van der Waals surface area contributed by atoms with Crippen molar-refractivity contribution in [3.63, 3.8) is 0 Å². The van der Waals surface area contributed by atoms with Crippen LogP contribution in [0.3, 0.4) is 0 Å². The molecule has 0 amide bonds. The number of hydrogen-bond donors (Lipinski definition) is 2. The molecule has 0 aliphatic heterocycles. The fraction of sp³-hybridized carbons (Fsp3) is 0.381. The molecule has 2 N–H and O–H groups in total. The van der Waals surface area contributed by atoms with E-state index in [-0.39, 0.29) is 6.10 Å². The summed E-state index contributed by atoms with van der Waals surface area (Å²) in [6.07, 6.45) is 0.254. The molecule has 2 rings (SSSR count). The van der Waals surface area contributed by atoms with Crippen LogP contribution in [0.5, 0.6) is 0 Å². The molecule has 0 bridgehead atoms. The largest absolute Gasteiger partial charge is 0.374 e. The Labute approximate surface area is 151 Å². The number of guanidine groups is 1. The third-order valence-electron chi connectivity index (χ3n) is 4.00. The number of aryl methyl sites for hydroxylation is 1. The summed E-state index contributed by atoms with van der Waals surface area (Å²) in [5.74, 6) is 0.801. The monoisotopic (exact) mass is 339 g/mol. The van der Waals surface area contributed by atoms with Crippen LogP contribution in [-0.2, 0) is 24.4 Å². The van der Waals surface area contributed by atoms with Gasteiger partial charge < -0.3 is 15.4 Å². The number of nitrogens with zero attached hydrogens (tertiary/aromatic N) is 1. The minimum atomic E-state index is 0.254. The standard InChI is InChI=1S/C21H29N3O/c1-16(2)25-15-19-11-9-18(10-12-19)13-23-21(22-4)24-14-20-8-6-5-7-17(20)3/h5-12,16H,13-15H2,1-4H3,(H2,22,23,24). The lowest BCUT2D eigenvalue weighted by Gasteiger charge is -2.13. The lowest BCUT2D eigenvalue weighted by atomic mass is 10.1. The number of nitrogens with one attached hydrogen (secondary N) is 2. The Morgan fingerprint density at radius 1 is 0.960 bits per heavy atom. The van der Waals surface area contributed by atoms with Crippen LogP contribution in [0.1, 0.15) is 36.1 Å². The Hall–Kier alpha value is -2.33. The minimum absolute atomic E-state index is 0.254. The zero-order chi connectivity index (χ0) is 18.1. The normalized spacial score (nSPS) is 11.6. The Morgan fingerprint density at radius 2 is 1.60 bits per heavy atom. The Balaban J connectivity index is 1.81. The predicted molar refractivity (Wildman–Crippen MR) is 105 cm³/mol. The average Bonchev–Trinajstić information content (AvgIpc) is 2.62. The molecule has 0 unspecified atom stereocenters. The summed E-state index contributed by atoms with van der Waals surface area (Å²) in [4.78, 5) is 4.29. The van der Waals surface area contributed by atoms with Crippen LogP contribution in [0.2, 0.25) is 0 Å². The van der Waals surface area contributed by atoms with Gasteiger partial charge in [-0.3, -0.25) is 4.99 Å². The van der Waals surface area contributed by atoms with E-state index in [2.05, 4.69) is 71.1 Å². The fourth-order valence-electron chi connectivity index (χ4n) is 2.41. The second kappa shape index (κ2) is 9.84. The van der Waals surface area contributed by atoms with Crippen LogP contribution >= 0.6 is 0 Å². The van der Waals surface area contributed by atoms with Crippen LogP contribution in [-0.4, -0.2) is 19.1 Å².